The fourth-order valence-electron chi connectivity index (χ4n) is 1.42. The molecule has 0 saturated carbocycles. The number of aliphatic hydroxyl groups is 1. The highest BCUT2D eigenvalue weighted by atomic mass is 16.3. The van der Waals surface area contributed by atoms with Crippen molar-refractivity contribution in [2.24, 2.45) is 11.7 Å². The molecule has 0 bridgehead atoms. The van der Waals surface area contributed by atoms with E-state index in [-0.39, 0.29) is 0 Å². The minimum absolute atomic E-state index is 0.340. The lowest BCUT2D eigenvalue weighted by molar-refractivity contribution is 0.307. The van der Waals surface area contributed by atoms with Crippen molar-refractivity contribution in [2.45, 2.75) is 19.3 Å². The number of rotatable bonds is 2. The van der Waals surface area contributed by atoms with Gasteiger partial charge in [0.05, 0.1) is 12.1 Å². The van der Waals surface area contributed by atoms with Crippen LogP contribution in [0.2, 0.25) is 0 Å². The molecule has 0 aromatic carbocycles. The van der Waals surface area contributed by atoms with Gasteiger partial charge in [-0.3, -0.25) is 5.41 Å². The largest absolute Gasteiger partial charge is 0.513 e. The molecule has 0 aromatic heterocycles. The maximum absolute atomic E-state index is 8.89. The second-order valence-electron chi connectivity index (χ2n) is 3.13. The molecule has 4 heteroatoms. The van der Waals surface area contributed by atoms with E-state index < -0.39 is 0 Å². The second kappa shape index (κ2) is 7.61. The summed E-state index contributed by atoms with van der Waals surface area (Å²) in [5.41, 5.74) is 4.39. The predicted octanol–water partition coefficient (Wildman–Crippen LogP) is 1.000. The van der Waals surface area contributed by atoms with Gasteiger partial charge in [0.2, 0.25) is 0 Å². The molecule has 0 aliphatic carbocycles. The summed E-state index contributed by atoms with van der Waals surface area (Å²) in [6, 6.07) is 0. The molecule has 1 fully saturated rings. The normalized spacial score (nSPS) is 16.9. The lowest BCUT2D eigenvalue weighted by Gasteiger charge is -2.21. The molecule has 4 nitrogen and oxygen atoms in total. The van der Waals surface area contributed by atoms with Gasteiger partial charge < -0.3 is 16.2 Å². The smallest absolute Gasteiger partial charge is 0.0853 e. The van der Waals surface area contributed by atoms with E-state index in [4.69, 9.17) is 10.5 Å². The molecule has 1 rings (SSSR count). The highest BCUT2D eigenvalue weighted by Crippen LogP contribution is 2.18. The van der Waals surface area contributed by atoms with Crippen molar-refractivity contribution < 1.29 is 5.11 Å². The third-order valence-electron chi connectivity index (χ3n) is 1.98. The molecule has 0 aromatic rings. The van der Waals surface area contributed by atoms with Crippen LogP contribution in [0.5, 0.6) is 0 Å². The van der Waals surface area contributed by atoms with E-state index in [9.17, 15) is 0 Å². The Morgan fingerprint density at radius 3 is 2.46 bits per heavy atom. The lowest BCUT2D eigenvalue weighted by Crippen LogP contribution is -2.27. The molecule has 76 valence electrons. The summed E-state index contributed by atoms with van der Waals surface area (Å²) < 4.78 is 0. The highest BCUT2D eigenvalue weighted by molar-refractivity contribution is 5.46. The first kappa shape index (κ1) is 12.0. The van der Waals surface area contributed by atoms with E-state index >= 15 is 0 Å². The van der Waals surface area contributed by atoms with Crippen molar-refractivity contribution in [2.75, 3.05) is 13.1 Å². The summed E-state index contributed by atoms with van der Waals surface area (Å²) in [7, 11) is 0. The zero-order chi connectivity index (χ0) is 10.1. The van der Waals surface area contributed by atoms with Crippen molar-refractivity contribution >= 4 is 6.34 Å². The van der Waals surface area contributed by atoms with Crippen LogP contribution in [-0.2, 0) is 0 Å². The average molecular weight is 185 g/mol. The van der Waals surface area contributed by atoms with E-state index in [2.05, 4.69) is 17.6 Å². The van der Waals surface area contributed by atoms with E-state index in [1.165, 1.54) is 12.8 Å². The first-order valence-corrected chi connectivity index (χ1v) is 4.48. The van der Waals surface area contributed by atoms with Crippen molar-refractivity contribution in [1.29, 1.82) is 5.41 Å². The van der Waals surface area contributed by atoms with Crippen LogP contribution in [0.25, 0.3) is 0 Å². The maximum atomic E-state index is 8.89. The van der Waals surface area contributed by atoms with Gasteiger partial charge in [0, 0.05) is 6.42 Å². The zero-order valence-corrected chi connectivity index (χ0v) is 7.92. The van der Waals surface area contributed by atoms with Crippen molar-refractivity contribution in [3.8, 4) is 0 Å². The molecule has 1 heterocycles. The Kier molecular flexibility index (Phi) is 7.01. The van der Waals surface area contributed by atoms with Crippen LogP contribution in [0.4, 0.5) is 0 Å². The Morgan fingerprint density at radius 1 is 1.62 bits per heavy atom. The minimum Gasteiger partial charge on any atom is -0.513 e. The molecule has 0 amide bonds. The number of hydrogen-bond donors (Lipinski definition) is 4. The standard InChI is InChI=1S/C8H15NO.CH4N2/c1-7(10)6-8-2-4-9-5-3-8;2-1-3/h8-10H,1-6H2;1H,(H3,2,3). The van der Waals surface area contributed by atoms with Gasteiger partial charge >= 0.3 is 0 Å². The van der Waals surface area contributed by atoms with Crippen LogP contribution >= 0.6 is 0 Å². The van der Waals surface area contributed by atoms with E-state index in [1.807, 2.05) is 0 Å². The average Bonchev–Trinajstić information content (AvgIpc) is 2.06. The van der Waals surface area contributed by atoms with Gasteiger partial charge in [-0.1, -0.05) is 6.58 Å². The first-order valence-electron chi connectivity index (χ1n) is 4.48. The SMILES string of the molecule is C=C(O)CC1CCNCC1.N=CN. The molecule has 13 heavy (non-hydrogen) atoms. The molecule has 0 spiro atoms. The summed E-state index contributed by atoms with van der Waals surface area (Å²) in [5, 5.41) is 18.0. The fourth-order valence-corrected chi connectivity index (χ4v) is 1.42. The van der Waals surface area contributed by atoms with Crippen molar-refractivity contribution in [1.82, 2.24) is 5.32 Å². The Bertz CT molecular complexity index is 153. The molecule has 1 saturated heterocycles. The number of hydrogen-bond acceptors (Lipinski definition) is 3. The summed E-state index contributed by atoms with van der Waals surface area (Å²) in [4.78, 5) is 0. The Balaban J connectivity index is 0.000000424. The van der Waals surface area contributed by atoms with Crippen LogP contribution < -0.4 is 11.1 Å². The molecule has 0 radical (unpaired) electrons. The van der Waals surface area contributed by atoms with Crippen LogP contribution in [-0.4, -0.2) is 24.5 Å². The molecular weight excluding hydrogens is 166 g/mol. The molecule has 1 aliphatic heterocycles. The first-order chi connectivity index (χ1) is 6.20. The van der Waals surface area contributed by atoms with Crippen molar-refractivity contribution in [3.05, 3.63) is 12.3 Å². The van der Waals surface area contributed by atoms with Gasteiger partial charge in [0.15, 0.2) is 0 Å². The summed E-state index contributed by atoms with van der Waals surface area (Å²) >= 11 is 0. The van der Waals surface area contributed by atoms with E-state index in [0.29, 0.717) is 11.7 Å². The number of piperidine rings is 1. The quantitative estimate of drug-likeness (QED) is 0.294. The summed E-state index contributed by atoms with van der Waals surface area (Å²) in [5.74, 6) is 1.01. The molecule has 1 aliphatic rings. The highest BCUT2D eigenvalue weighted by Gasteiger charge is 2.12. The lowest BCUT2D eigenvalue weighted by atomic mass is 9.94. The third-order valence-corrected chi connectivity index (χ3v) is 1.98. The minimum atomic E-state index is 0.340. The summed E-state index contributed by atoms with van der Waals surface area (Å²) in [6.45, 7) is 5.67. The number of allylic oxidation sites excluding steroid dienone is 1. The Hall–Kier alpha value is -1.03. The van der Waals surface area contributed by atoms with Gasteiger partial charge in [-0.2, -0.15) is 0 Å². The van der Waals surface area contributed by atoms with E-state index in [0.717, 1.165) is 25.8 Å². The van der Waals surface area contributed by atoms with Gasteiger partial charge in [0.25, 0.3) is 0 Å². The monoisotopic (exact) mass is 185 g/mol. The Morgan fingerprint density at radius 2 is 2.08 bits per heavy atom. The number of aliphatic hydroxyl groups excluding tert-OH is 1. The van der Waals surface area contributed by atoms with Crippen LogP contribution in [0.3, 0.4) is 0 Å². The molecular formula is C9H19N3O. The fraction of sp³-hybridized carbons (Fsp3) is 0.667. The van der Waals surface area contributed by atoms with Gasteiger partial charge in [-0.25, -0.2) is 0 Å². The van der Waals surface area contributed by atoms with Gasteiger partial charge in [-0.15, -0.1) is 0 Å². The van der Waals surface area contributed by atoms with Crippen LogP contribution in [0.1, 0.15) is 19.3 Å². The zero-order valence-electron chi connectivity index (χ0n) is 7.92. The topological polar surface area (TPSA) is 82.1 Å². The second-order valence-corrected chi connectivity index (χ2v) is 3.13. The predicted molar refractivity (Wildman–Crippen MR) is 55.0 cm³/mol. The van der Waals surface area contributed by atoms with Gasteiger partial charge in [0.1, 0.15) is 0 Å². The van der Waals surface area contributed by atoms with E-state index in [1.54, 1.807) is 0 Å². The number of nitrogens with one attached hydrogen (secondary N) is 2. The Labute approximate surface area is 79.3 Å². The van der Waals surface area contributed by atoms with Crippen LogP contribution in [0.15, 0.2) is 12.3 Å². The maximum Gasteiger partial charge on any atom is 0.0853 e. The third kappa shape index (κ3) is 7.33. The summed E-state index contributed by atoms with van der Waals surface area (Å²) in [6.07, 6.45) is 3.90. The molecule has 5 N–H and O–H groups in total. The molecule has 0 atom stereocenters. The van der Waals surface area contributed by atoms with Crippen molar-refractivity contribution in [3.63, 3.8) is 0 Å². The van der Waals surface area contributed by atoms with Crippen LogP contribution in [0, 0.1) is 11.3 Å². The van der Waals surface area contributed by atoms with Gasteiger partial charge in [-0.05, 0) is 31.8 Å². The molecule has 0 unspecified atom stereocenters. The number of nitrogens with two attached hydrogens (primary N) is 1.